The predicted molar refractivity (Wildman–Crippen MR) is 99.8 cm³/mol. The van der Waals surface area contributed by atoms with Gasteiger partial charge in [-0.1, -0.05) is 18.9 Å². The number of hydrogen-bond donors (Lipinski definition) is 1. The molecule has 0 spiro atoms. The van der Waals surface area contributed by atoms with Gasteiger partial charge in [-0.3, -0.25) is 4.98 Å². The second-order valence-corrected chi connectivity index (χ2v) is 7.13. The third-order valence-electron chi connectivity index (χ3n) is 5.36. The van der Waals surface area contributed by atoms with Crippen LogP contribution in [-0.2, 0) is 0 Å². The van der Waals surface area contributed by atoms with Gasteiger partial charge in [-0.05, 0) is 55.7 Å². The van der Waals surface area contributed by atoms with E-state index in [2.05, 4.69) is 51.2 Å². The summed E-state index contributed by atoms with van der Waals surface area (Å²) in [6, 6.07) is 9.33. The average molecular weight is 340 g/mol. The van der Waals surface area contributed by atoms with E-state index in [1.807, 2.05) is 18.3 Å². The molecule has 0 amide bonds. The Balaban J connectivity index is 1.67. The lowest BCUT2D eigenvalue weighted by Gasteiger charge is -2.26. The summed E-state index contributed by atoms with van der Waals surface area (Å²) >= 11 is 5.59. The Labute approximate surface area is 148 Å². The van der Waals surface area contributed by atoms with E-state index < -0.39 is 0 Å². The van der Waals surface area contributed by atoms with Crippen LogP contribution in [0.4, 0.5) is 0 Å². The molecule has 0 aromatic carbocycles. The number of nitrogens with one attached hydrogen (secondary N) is 1. The molecule has 1 aliphatic carbocycles. The van der Waals surface area contributed by atoms with Gasteiger partial charge in [0.2, 0.25) is 0 Å². The fraction of sp³-hybridized carbons (Fsp3) is 0.474. The van der Waals surface area contributed by atoms with Gasteiger partial charge in [0, 0.05) is 31.2 Å². The molecule has 1 saturated heterocycles. The van der Waals surface area contributed by atoms with Crippen LogP contribution in [0.5, 0.6) is 0 Å². The van der Waals surface area contributed by atoms with Crippen molar-refractivity contribution in [1.82, 2.24) is 19.8 Å². The minimum Gasteiger partial charge on any atom is -0.352 e. The highest BCUT2D eigenvalue weighted by Crippen LogP contribution is 2.39. The number of pyridine rings is 1. The molecule has 5 heteroatoms. The minimum atomic E-state index is 0.109. The smallest absolute Gasteiger partial charge is 0.170 e. The Kier molecular flexibility index (Phi) is 4.27. The van der Waals surface area contributed by atoms with Crippen molar-refractivity contribution in [3.05, 3.63) is 54.1 Å². The Morgan fingerprint density at radius 1 is 1.25 bits per heavy atom. The van der Waals surface area contributed by atoms with Crippen LogP contribution in [0.15, 0.2) is 42.9 Å². The zero-order valence-corrected chi connectivity index (χ0v) is 14.9. The van der Waals surface area contributed by atoms with Crippen LogP contribution < -0.4 is 5.32 Å². The first-order chi connectivity index (χ1) is 11.8. The number of rotatable bonds is 4. The molecule has 2 atom stereocenters. The van der Waals surface area contributed by atoms with Gasteiger partial charge in [0.1, 0.15) is 0 Å². The fourth-order valence-electron chi connectivity index (χ4n) is 4.14. The summed E-state index contributed by atoms with van der Waals surface area (Å²) in [5.41, 5.74) is 2.38. The second kappa shape index (κ2) is 6.55. The topological polar surface area (TPSA) is 33.1 Å². The molecule has 2 aliphatic rings. The molecule has 24 heavy (non-hydrogen) atoms. The molecule has 2 aromatic rings. The Morgan fingerprint density at radius 2 is 2.08 bits per heavy atom. The zero-order chi connectivity index (χ0) is 16.5. The van der Waals surface area contributed by atoms with Crippen molar-refractivity contribution in [3.63, 3.8) is 0 Å². The predicted octanol–water partition coefficient (Wildman–Crippen LogP) is 3.99. The van der Waals surface area contributed by atoms with Crippen LogP contribution in [0.25, 0.3) is 0 Å². The maximum atomic E-state index is 5.59. The van der Waals surface area contributed by atoms with E-state index in [4.69, 9.17) is 12.2 Å². The molecule has 3 heterocycles. The summed E-state index contributed by atoms with van der Waals surface area (Å²) in [7, 11) is 0. The first kappa shape index (κ1) is 15.6. The van der Waals surface area contributed by atoms with E-state index >= 15 is 0 Å². The van der Waals surface area contributed by atoms with Gasteiger partial charge in [-0.15, -0.1) is 0 Å². The minimum absolute atomic E-state index is 0.109. The number of thiocarbonyl (C=S) groups is 1. The highest BCUT2D eigenvalue weighted by atomic mass is 32.1. The molecule has 4 nitrogen and oxygen atoms in total. The third-order valence-corrected chi connectivity index (χ3v) is 5.72. The molecule has 1 N–H and O–H groups in total. The number of likely N-dealkylation sites (N-methyl/N-ethyl adjacent to an activating group) is 1. The average Bonchev–Trinajstić information content (AvgIpc) is 3.34. The molecule has 1 saturated carbocycles. The van der Waals surface area contributed by atoms with E-state index in [-0.39, 0.29) is 12.1 Å². The van der Waals surface area contributed by atoms with Gasteiger partial charge in [-0.25, -0.2) is 0 Å². The van der Waals surface area contributed by atoms with Gasteiger partial charge in [0.05, 0.1) is 17.8 Å². The lowest BCUT2D eigenvalue weighted by molar-refractivity contribution is 0.330. The molecule has 4 rings (SSSR count). The first-order valence-electron chi connectivity index (χ1n) is 8.93. The van der Waals surface area contributed by atoms with E-state index in [1.165, 1.54) is 31.2 Å². The fourth-order valence-corrected chi connectivity index (χ4v) is 4.51. The molecule has 2 fully saturated rings. The highest BCUT2D eigenvalue weighted by Gasteiger charge is 2.39. The summed E-state index contributed by atoms with van der Waals surface area (Å²) in [4.78, 5) is 6.85. The van der Waals surface area contributed by atoms with Crippen LogP contribution >= 0.6 is 12.2 Å². The van der Waals surface area contributed by atoms with Crippen molar-refractivity contribution in [3.8, 4) is 0 Å². The van der Waals surface area contributed by atoms with Crippen LogP contribution in [0.3, 0.4) is 0 Å². The summed E-state index contributed by atoms with van der Waals surface area (Å²) in [5, 5.41) is 4.31. The van der Waals surface area contributed by atoms with Gasteiger partial charge in [0.15, 0.2) is 5.11 Å². The molecular weight excluding hydrogens is 316 g/mol. The van der Waals surface area contributed by atoms with Crippen molar-refractivity contribution in [2.45, 2.75) is 50.7 Å². The molecule has 2 aromatic heterocycles. The Hall–Kier alpha value is -1.88. The lowest BCUT2D eigenvalue weighted by Crippen LogP contribution is -2.29. The lowest BCUT2D eigenvalue weighted by atomic mass is 9.99. The summed E-state index contributed by atoms with van der Waals surface area (Å²) in [5.74, 6) is 0. The number of hydrogen-bond acceptors (Lipinski definition) is 2. The van der Waals surface area contributed by atoms with E-state index in [0.717, 1.165) is 17.4 Å². The SMILES string of the molecule is CCN1C(=S)N[C@H](c2ccccn2)[C@H]1c1ccn(C2CCCC2)c1. The number of aromatic nitrogens is 2. The van der Waals surface area contributed by atoms with Gasteiger partial charge in [-0.2, -0.15) is 0 Å². The molecule has 0 bridgehead atoms. The summed E-state index contributed by atoms with van der Waals surface area (Å²) in [6.45, 7) is 3.06. The Bertz CT molecular complexity index is 705. The number of nitrogens with zero attached hydrogens (tertiary/aromatic N) is 3. The Morgan fingerprint density at radius 3 is 2.79 bits per heavy atom. The van der Waals surface area contributed by atoms with Crippen LogP contribution in [0, 0.1) is 0 Å². The van der Waals surface area contributed by atoms with Crippen LogP contribution in [0.2, 0.25) is 0 Å². The van der Waals surface area contributed by atoms with Crippen molar-refractivity contribution in [2.24, 2.45) is 0 Å². The van der Waals surface area contributed by atoms with Crippen LogP contribution in [0.1, 0.15) is 62.0 Å². The third kappa shape index (κ3) is 2.71. The zero-order valence-electron chi connectivity index (χ0n) is 14.1. The monoisotopic (exact) mass is 340 g/mol. The maximum Gasteiger partial charge on any atom is 0.170 e. The van der Waals surface area contributed by atoms with Crippen molar-refractivity contribution in [2.75, 3.05) is 6.54 Å². The van der Waals surface area contributed by atoms with Crippen LogP contribution in [-0.4, -0.2) is 26.1 Å². The summed E-state index contributed by atoms with van der Waals surface area (Å²) < 4.78 is 2.41. The molecule has 0 unspecified atom stereocenters. The molecule has 126 valence electrons. The molecule has 1 aliphatic heterocycles. The van der Waals surface area contributed by atoms with E-state index in [9.17, 15) is 0 Å². The van der Waals surface area contributed by atoms with Gasteiger partial charge >= 0.3 is 0 Å². The molecule has 0 radical (unpaired) electrons. The maximum absolute atomic E-state index is 5.59. The van der Waals surface area contributed by atoms with E-state index in [0.29, 0.717) is 6.04 Å². The standard InChI is InChI=1S/C19H24N4S/c1-2-23-18(14-10-12-22(13-14)15-7-3-4-8-15)17(21-19(23)24)16-9-5-6-11-20-16/h5-6,9-13,15,17-18H,2-4,7-8H2,1H3,(H,21,24)/t17-,18-/m1/s1. The van der Waals surface area contributed by atoms with Crippen molar-refractivity contribution < 1.29 is 0 Å². The van der Waals surface area contributed by atoms with Gasteiger partial charge in [0.25, 0.3) is 0 Å². The van der Waals surface area contributed by atoms with Crippen molar-refractivity contribution in [1.29, 1.82) is 0 Å². The quantitative estimate of drug-likeness (QED) is 0.853. The van der Waals surface area contributed by atoms with Gasteiger partial charge < -0.3 is 14.8 Å². The summed E-state index contributed by atoms with van der Waals surface area (Å²) in [6.07, 6.45) is 11.7. The van der Waals surface area contributed by atoms with Crippen molar-refractivity contribution >= 4 is 17.3 Å². The highest BCUT2D eigenvalue weighted by molar-refractivity contribution is 7.80. The molecular formula is C19H24N4S. The largest absolute Gasteiger partial charge is 0.352 e. The second-order valence-electron chi connectivity index (χ2n) is 6.74. The first-order valence-corrected chi connectivity index (χ1v) is 9.34. The normalized spacial score (nSPS) is 24.5. The van der Waals surface area contributed by atoms with E-state index in [1.54, 1.807) is 0 Å².